The standard InChI is InChI=1S/C64H125N2O7P/c1-7-10-13-16-19-22-25-28-30-32-33-35-37-39-42-45-48-51-54-57-64(68)73-62(55-52-49-46-43-40-27-24-21-18-15-12-9-3)61(60-72-74(69,70)71-59-58-66(4,5)6)65-63(67)56-53-50-47-44-41-38-36-34-31-29-26-23-20-17-14-11-8-2/h28,30,52,55,61-62H,7-27,29,31-51,53-54,56-60H2,1-6H3,(H-,65,67,69,70)/p+1/b30-28+,55-52+. The molecule has 10 heteroatoms. The zero-order chi connectivity index (χ0) is 54.3. The zero-order valence-electron chi connectivity index (χ0n) is 50.1. The quantitative estimate of drug-likeness (QED) is 0.0205. The van der Waals surface area contributed by atoms with Crippen LogP contribution >= 0.6 is 7.82 Å². The number of allylic oxidation sites excluding steroid dienone is 3. The van der Waals surface area contributed by atoms with Crippen LogP contribution in [0.2, 0.25) is 0 Å². The Morgan fingerprint density at radius 2 is 0.784 bits per heavy atom. The third kappa shape index (κ3) is 55.3. The van der Waals surface area contributed by atoms with E-state index in [-0.39, 0.29) is 25.1 Å². The third-order valence-electron chi connectivity index (χ3n) is 14.6. The fraction of sp³-hybridized carbons (Fsp3) is 0.906. The van der Waals surface area contributed by atoms with Crippen molar-refractivity contribution in [3.05, 3.63) is 24.3 Å². The van der Waals surface area contributed by atoms with Crippen LogP contribution in [0.3, 0.4) is 0 Å². The number of carbonyl (C=O) groups excluding carboxylic acids is 2. The summed E-state index contributed by atoms with van der Waals surface area (Å²) in [7, 11) is 1.51. The van der Waals surface area contributed by atoms with Crippen molar-refractivity contribution in [2.75, 3.05) is 40.9 Å². The molecule has 0 saturated heterocycles. The fourth-order valence-corrected chi connectivity index (χ4v) is 10.4. The van der Waals surface area contributed by atoms with Gasteiger partial charge in [0.15, 0.2) is 0 Å². The highest BCUT2D eigenvalue weighted by molar-refractivity contribution is 7.47. The number of nitrogens with zero attached hydrogens (tertiary/aromatic N) is 1. The summed E-state index contributed by atoms with van der Waals surface area (Å²) in [5.74, 6) is -0.489. The lowest BCUT2D eigenvalue weighted by Crippen LogP contribution is -2.47. The Labute approximate surface area is 460 Å². The molecule has 0 radical (unpaired) electrons. The number of likely N-dealkylation sites (N-methyl/N-ethyl adjacent to an activating group) is 1. The lowest BCUT2D eigenvalue weighted by molar-refractivity contribution is -0.870. The van der Waals surface area contributed by atoms with Gasteiger partial charge in [-0.1, -0.05) is 277 Å². The molecule has 0 bridgehead atoms. The van der Waals surface area contributed by atoms with Gasteiger partial charge in [0.1, 0.15) is 19.3 Å². The Bertz CT molecular complexity index is 1320. The van der Waals surface area contributed by atoms with E-state index < -0.39 is 20.0 Å². The molecule has 0 aliphatic carbocycles. The minimum Gasteiger partial charge on any atom is -0.456 e. The van der Waals surface area contributed by atoms with Crippen molar-refractivity contribution >= 4 is 19.7 Å². The number of ether oxygens (including phenoxy) is 1. The molecule has 0 fully saturated rings. The monoisotopic (exact) mass is 1070 g/mol. The van der Waals surface area contributed by atoms with Crippen LogP contribution in [0.25, 0.3) is 0 Å². The average Bonchev–Trinajstić information content (AvgIpc) is 3.36. The highest BCUT2D eigenvalue weighted by Crippen LogP contribution is 2.43. The number of phosphoric acid groups is 1. The summed E-state index contributed by atoms with van der Waals surface area (Å²) >= 11 is 0. The van der Waals surface area contributed by atoms with Gasteiger partial charge in [-0.2, -0.15) is 0 Å². The molecule has 2 N–H and O–H groups in total. The van der Waals surface area contributed by atoms with Crippen molar-refractivity contribution in [2.24, 2.45) is 0 Å². The van der Waals surface area contributed by atoms with E-state index in [1.54, 1.807) is 0 Å². The van der Waals surface area contributed by atoms with Gasteiger partial charge in [0.05, 0.1) is 33.8 Å². The maximum Gasteiger partial charge on any atom is 0.472 e. The Morgan fingerprint density at radius 1 is 0.459 bits per heavy atom. The summed E-state index contributed by atoms with van der Waals surface area (Å²) < 4.78 is 30.7. The first-order valence-electron chi connectivity index (χ1n) is 32.2. The number of nitrogens with one attached hydrogen (secondary N) is 1. The van der Waals surface area contributed by atoms with Gasteiger partial charge in [0.2, 0.25) is 5.91 Å². The number of phosphoric ester groups is 1. The summed E-state index contributed by atoms with van der Waals surface area (Å²) in [4.78, 5) is 37.7. The minimum atomic E-state index is -4.44. The number of hydrogen-bond donors (Lipinski definition) is 2. The van der Waals surface area contributed by atoms with Crippen LogP contribution in [0.4, 0.5) is 0 Å². The van der Waals surface area contributed by atoms with E-state index in [0.29, 0.717) is 23.9 Å². The van der Waals surface area contributed by atoms with E-state index in [9.17, 15) is 19.0 Å². The summed E-state index contributed by atoms with van der Waals surface area (Å²) in [5, 5.41) is 3.07. The second-order valence-corrected chi connectivity index (χ2v) is 24.7. The molecule has 3 unspecified atom stereocenters. The number of carbonyl (C=O) groups is 2. The molecule has 0 heterocycles. The van der Waals surface area contributed by atoms with Crippen LogP contribution in [0.15, 0.2) is 24.3 Å². The lowest BCUT2D eigenvalue weighted by atomic mass is 10.0. The largest absolute Gasteiger partial charge is 0.472 e. The van der Waals surface area contributed by atoms with Crippen LogP contribution < -0.4 is 5.32 Å². The molecule has 0 aromatic carbocycles. The highest BCUT2D eigenvalue weighted by atomic mass is 31.2. The molecule has 438 valence electrons. The van der Waals surface area contributed by atoms with Crippen LogP contribution in [-0.2, 0) is 27.9 Å². The molecular weight excluding hydrogens is 940 g/mol. The van der Waals surface area contributed by atoms with Gasteiger partial charge in [-0.15, -0.1) is 0 Å². The van der Waals surface area contributed by atoms with E-state index in [1.165, 1.54) is 231 Å². The molecule has 1 amide bonds. The molecule has 0 spiro atoms. The Balaban J connectivity index is 5.19. The lowest BCUT2D eigenvalue weighted by Gasteiger charge is -2.27. The van der Waals surface area contributed by atoms with Crippen LogP contribution in [0.5, 0.6) is 0 Å². The summed E-state index contributed by atoms with van der Waals surface area (Å²) in [6, 6.07) is -0.843. The van der Waals surface area contributed by atoms with Gasteiger partial charge in [0.25, 0.3) is 0 Å². The minimum absolute atomic E-state index is 0.0437. The van der Waals surface area contributed by atoms with Crippen LogP contribution in [-0.4, -0.2) is 74.3 Å². The zero-order valence-corrected chi connectivity index (χ0v) is 51.0. The first-order valence-corrected chi connectivity index (χ1v) is 33.7. The first-order chi connectivity index (χ1) is 35.9. The first kappa shape index (κ1) is 72.5. The molecule has 3 atom stereocenters. The van der Waals surface area contributed by atoms with Crippen molar-refractivity contribution < 1.29 is 37.3 Å². The molecule has 9 nitrogen and oxygen atoms in total. The molecule has 0 rings (SSSR count). The molecule has 74 heavy (non-hydrogen) atoms. The second kappa shape index (κ2) is 54.8. The van der Waals surface area contributed by atoms with Crippen molar-refractivity contribution in [3.63, 3.8) is 0 Å². The van der Waals surface area contributed by atoms with Gasteiger partial charge < -0.3 is 19.4 Å². The van der Waals surface area contributed by atoms with Gasteiger partial charge in [-0.25, -0.2) is 4.57 Å². The van der Waals surface area contributed by atoms with E-state index in [4.69, 9.17) is 13.8 Å². The smallest absolute Gasteiger partial charge is 0.456 e. The molecule has 0 aliphatic heterocycles. The van der Waals surface area contributed by atoms with E-state index in [2.05, 4.69) is 38.2 Å². The number of esters is 1. The summed E-state index contributed by atoms with van der Waals surface area (Å²) in [5.41, 5.74) is 0. The highest BCUT2D eigenvalue weighted by Gasteiger charge is 2.30. The van der Waals surface area contributed by atoms with Crippen molar-refractivity contribution in [1.82, 2.24) is 5.32 Å². The van der Waals surface area contributed by atoms with Crippen LogP contribution in [0.1, 0.15) is 323 Å². The average molecular weight is 1070 g/mol. The number of hydrogen-bond acceptors (Lipinski definition) is 6. The number of amides is 1. The maximum atomic E-state index is 13.5. The van der Waals surface area contributed by atoms with Crippen LogP contribution in [0, 0.1) is 0 Å². The van der Waals surface area contributed by atoms with E-state index in [1.807, 2.05) is 33.3 Å². The Hall–Kier alpha value is -1.51. The SMILES string of the molecule is CCCCCCCC/C=C/CCCCCCCCCCCC(=O)OC(/C=C/CCCCCCCCCCCC)C(COP(=O)(O)OCC[N+](C)(C)C)NC(=O)CCCCCCCCCCCCCCCCCCC. The third-order valence-corrected chi connectivity index (χ3v) is 15.6. The maximum absolute atomic E-state index is 13.5. The molecule has 0 saturated carbocycles. The molecular formula is C64H126N2O7P+. The van der Waals surface area contributed by atoms with Gasteiger partial charge >= 0.3 is 13.8 Å². The second-order valence-electron chi connectivity index (χ2n) is 23.3. The molecule has 0 aromatic rings. The van der Waals surface area contributed by atoms with E-state index in [0.717, 1.165) is 57.8 Å². The molecule has 0 aromatic heterocycles. The number of rotatable bonds is 59. The van der Waals surface area contributed by atoms with Crippen molar-refractivity contribution in [2.45, 2.75) is 335 Å². The van der Waals surface area contributed by atoms with Crippen molar-refractivity contribution in [3.8, 4) is 0 Å². The summed E-state index contributed by atoms with van der Waals surface area (Å²) in [6.45, 7) is 7.06. The topological polar surface area (TPSA) is 111 Å². The predicted molar refractivity (Wildman–Crippen MR) is 319 cm³/mol. The predicted octanol–water partition coefficient (Wildman–Crippen LogP) is 19.7. The van der Waals surface area contributed by atoms with E-state index >= 15 is 0 Å². The van der Waals surface area contributed by atoms with Gasteiger partial charge in [0, 0.05) is 12.8 Å². The Kier molecular flexibility index (Phi) is 53.7. The van der Waals surface area contributed by atoms with Gasteiger partial charge in [-0.3, -0.25) is 18.6 Å². The number of quaternary nitrogens is 1. The Morgan fingerprint density at radius 3 is 1.15 bits per heavy atom. The number of unbranched alkanes of at least 4 members (excludes halogenated alkanes) is 41. The fourth-order valence-electron chi connectivity index (χ4n) is 9.64. The van der Waals surface area contributed by atoms with Gasteiger partial charge in [-0.05, 0) is 57.4 Å². The normalized spacial score (nSPS) is 13.8. The summed E-state index contributed by atoms with van der Waals surface area (Å²) in [6.07, 6.45) is 64.5. The molecule has 0 aliphatic rings. The van der Waals surface area contributed by atoms with Crippen molar-refractivity contribution in [1.29, 1.82) is 0 Å².